The number of carbonyl (C=O) groups is 1. The maximum absolute atomic E-state index is 11.3. The Labute approximate surface area is 74.6 Å². The van der Waals surface area contributed by atoms with Gasteiger partial charge < -0.3 is 5.73 Å². The number of carbonyl (C=O) groups excluding carboxylic acids is 1. The summed E-state index contributed by atoms with van der Waals surface area (Å²) in [4.78, 5) is 15.3. The number of hydrogen-bond donors (Lipinski definition) is 1. The van der Waals surface area contributed by atoms with Crippen LogP contribution >= 0.6 is 11.3 Å². The van der Waals surface area contributed by atoms with Crippen LogP contribution in [0.25, 0.3) is 0 Å². The SMILES string of the molecule is Nc1nc(CC(=O)C2CC2)cs1. The van der Waals surface area contributed by atoms with Crippen molar-refractivity contribution in [3.8, 4) is 0 Å². The molecule has 4 heteroatoms. The fourth-order valence-electron chi connectivity index (χ4n) is 1.13. The van der Waals surface area contributed by atoms with Crippen LogP contribution in [0.2, 0.25) is 0 Å². The standard InChI is InChI=1S/C8H10N2OS/c9-8-10-6(4-12-8)3-7(11)5-1-2-5/h4-5H,1-3H2,(H2,9,10). The molecular weight excluding hydrogens is 172 g/mol. The van der Waals surface area contributed by atoms with Gasteiger partial charge in [0, 0.05) is 17.7 Å². The maximum Gasteiger partial charge on any atom is 0.180 e. The van der Waals surface area contributed by atoms with Crippen LogP contribution in [0.3, 0.4) is 0 Å². The van der Waals surface area contributed by atoms with Crippen LogP contribution in [0.4, 0.5) is 5.13 Å². The zero-order valence-corrected chi connectivity index (χ0v) is 7.43. The molecule has 1 aliphatic carbocycles. The molecule has 0 saturated heterocycles. The second kappa shape index (κ2) is 2.86. The Balaban J connectivity index is 1.98. The van der Waals surface area contributed by atoms with Crippen LogP contribution in [-0.2, 0) is 11.2 Å². The fraction of sp³-hybridized carbons (Fsp3) is 0.500. The molecule has 1 aromatic heterocycles. The Morgan fingerprint density at radius 1 is 1.75 bits per heavy atom. The van der Waals surface area contributed by atoms with Gasteiger partial charge in [-0.2, -0.15) is 0 Å². The van der Waals surface area contributed by atoms with E-state index in [1.165, 1.54) is 11.3 Å². The highest BCUT2D eigenvalue weighted by molar-refractivity contribution is 7.13. The summed E-state index contributed by atoms with van der Waals surface area (Å²) in [5.41, 5.74) is 6.27. The number of nitrogens with zero attached hydrogens (tertiary/aromatic N) is 1. The number of nitrogens with two attached hydrogens (primary N) is 1. The summed E-state index contributed by atoms with van der Waals surface area (Å²) in [6, 6.07) is 0. The molecule has 0 bridgehead atoms. The summed E-state index contributed by atoms with van der Waals surface area (Å²) in [5.74, 6) is 0.647. The van der Waals surface area contributed by atoms with Crippen molar-refractivity contribution in [2.45, 2.75) is 19.3 Å². The number of thiazole rings is 1. The third-order valence-electron chi connectivity index (χ3n) is 1.96. The molecule has 0 unspecified atom stereocenters. The summed E-state index contributed by atoms with van der Waals surface area (Å²) in [7, 11) is 0. The van der Waals surface area contributed by atoms with Gasteiger partial charge in [-0.3, -0.25) is 4.79 Å². The van der Waals surface area contributed by atoms with Gasteiger partial charge in [0.2, 0.25) is 0 Å². The number of Topliss-reactive ketones (excluding diaryl/α,β-unsaturated/α-hetero) is 1. The van der Waals surface area contributed by atoms with E-state index in [9.17, 15) is 4.79 Å². The number of nitrogen functional groups attached to an aromatic ring is 1. The Morgan fingerprint density at radius 3 is 3.00 bits per heavy atom. The molecular formula is C8H10N2OS. The first-order chi connectivity index (χ1) is 5.75. The van der Waals surface area contributed by atoms with E-state index in [4.69, 9.17) is 5.73 Å². The van der Waals surface area contributed by atoms with E-state index in [-0.39, 0.29) is 0 Å². The summed E-state index contributed by atoms with van der Waals surface area (Å²) >= 11 is 1.39. The number of hydrogen-bond acceptors (Lipinski definition) is 4. The Hall–Kier alpha value is -0.900. The summed E-state index contributed by atoms with van der Waals surface area (Å²) in [6.45, 7) is 0. The lowest BCUT2D eigenvalue weighted by Gasteiger charge is -1.92. The van der Waals surface area contributed by atoms with E-state index >= 15 is 0 Å². The minimum absolute atomic E-state index is 0.320. The maximum atomic E-state index is 11.3. The molecule has 0 radical (unpaired) electrons. The van der Waals surface area contributed by atoms with Crippen LogP contribution in [0.5, 0.6) is 0 Å². The normalized spacial score (nSPS) is 16.3. The van der Waals surface area contributed by atoms with Crippen molar-refractivity contribution in [2.75, 3.05) is 5.73 Å². The second-order valence-electron chi connectivity index (χ2n) is 3.09. The lowest BCUT2D eigenvalue weighted by molar-refractivity contribution is -0.119. The van der Waals surface area contributed by atoms with Gasteiger partial charge in [0.05, 0.1) is 5.69 Å². The molecule has 0 spiro atoms. The molecule has 0 atom stereocenters. The van der Waals surface area contributed by atoms with Gasteiger partial charge in [0.25, 0.3) is 0 Å². The molecule has 64 valence electrons. The molecule has 2 N–H and O–H groups in total. The van der Waals surface area contributed by atoms with Crippen molar-refractivity contribution in [1.29, 1.82) is 0 Å². The van der Waals surface area contributed by atoms with Crippen molar-refractivity contribution >= 4 is 22.3 Å². The number of rotatable bonds is 3. The molecule has 1 saturated carbocycles. The lowest BCUT2D eigenvalue weighted by atomic mass is 10.2. The fourth-order valence-corrected chi connectivity index (χ4v) is 1.69. The molecule has 0 aromatic carbocycles. The average Bonchev–Trinajstić information content (AvgIpc) is 2.78. The molecule has 1 aromatic rings. The Morgan fingerprint density at radius 2 is 2.50 bits per heavy atom. The van der Waals surface area contributed by atoms with Crippen LogP contribution in [-0.4, -0.2) is 10.8 Å². The lowest BCUT2D eigenvalue weighted by Crippen LogP contribution is -2.04. The highest BCUT2D eigenvalue weighted by atomic mass is 32.1. The van der Waals surface area contributed by atoms with Gasteiger partial charge in [0.15, 0.2) is 5.13 Å². The third-order valence-corrected chi connectivity index (χ3v) is 2.68. The predicted molar refractivity (Wildman–Crippen MR) is 48.0 cm³/mol. The number of ketones is 1. The molecule has 12 heavy (non-hydrogen) atoms. The predicted octanol–water partition coefficient (Wildman–Crippen LogP) is 1.25. The van der Waals surface area contributed by atoms with Crippen molar-refractivity contribution in [1.82, 2.24) is 4.98 Å². The van der Waals surface area contributed by atoms with Gasteiger partial charge in [-0.25, -0.2) is 4.98 Å². The van der Waals surface area contributed by atoms with Crippen molar-refractivity contribution < 1.29 is 4.79 Å². The molecule has 2 rings (SSSR count). The summed E-state index contributed by atoms with van der Waals surface area (Å²) in [6.07, 6.45) is 2.61. The van der Waals surface area contributed by atoms with Crippen LogP contribution in [0, 0.1) is 5.92 Å². The zero-order chi connectivity index (χ0) is 8.55. The van der Waals surface area contributed by atoms with E-state index in [1.54, 1.807) is 0 Å². The van der Waals surface area contributed by atoms with Crippen molar-refractivity contribution in [2.24, 2.45) is 5.92 Å². The van der Waals surface area contributed by atoms with Crippen molar-refractivity contribution in [3.05, 3.63) is 11.1 Å². The second-order valence-corrected chi connectivity index (χ2v) is 3.98. The highest BCUT2D eigenvalue weighted by Gasteiger charge is 2.29. The number of aromatic nitrogens is 1. The molecule has 1 fully saturated rings. The monoisotopic (exact) mass is 182 g/mol. The van der Waals surface area contributed by atoms with Crippen LogP contribution in [0.1, 0.15) is 18.5 Å². The van der Waals surface area contributed by atoms with E-state index in [2.05, 4.69) is 4.98 Å². The first-order valence-corrected chi connectivity index (χ1v) is 4.86. The molecule has 3 nitrogen and oxygen atoms in total. The first-order valence-electron chi connectivity index (χ1n) is 3.98. The number of anilines is 1. The summed E-state index contributed by atoms with van der Waals surface area (Å²) < 4.78 is 0. The minimum atomic E-state index is 0.320. The smallest absolute Gasteiger partial charge is 0.180 e. The van der Waals surface area contributed by atoms with E-state index in [0.717, 1.165) is 18.5 Å². The van der Waals surface area contributed by atoms with Gasteiger partial charge in [-0.1, -0.05) is 0 Å². The topological polar surface area (TPSA) is 56.0 Å². The molecule has 1 aliphatic rings. The minimum Gasteiger partial charge on any atom is -0.375 e. The van der Waals surface area contributed by atoms with Crippen LogP contribution < -0.4 is 5.73 Å². The molecule has 0 aliphatic heterocycles. The highest BCUT2D eigenvalue weighted by Crippen LogP contribution is 2.31. The molecule has 1 heterocycles. The van der Waals surface area contributed by atoms with E-state index < -0.39 is 0 Å². The molecule has 0 amide bonds. The third kappa shape index (κ3) is 1.64. The van der Waals surface area contributed by atoms with Crippen LogP contribution in [0.15, 0.2) is 5.38 Å². The van der Waals surface area contributed by atoms with Gasteiger partial charge in [-0.15, -0.1) is 11.3 Å². The Kier molecular flexibility index (Phi) is 1.84. The van der Waals surface area contributed by atoms with E-state index in [0.29, 0.717) is 23.3 Å². The zero-order valence-electron chi connectivity index (χ0n) is 6.62. The van der Waals surface area contributed by atoms with Crippen molar-refractivity contribution in [3.63, 3.8) is 0 Å². The quantitative estimate of drug-likeness (QED) is 0.765. The van der Waals surface area contributed by atoms with Gasteiger partial charge >= 0.3 is 0 Å². The van der Waals surface area contributed by atoms with E-state index in [1.807, 2.05) is 5.38 Å². The summed E-state index contributed by atoms with van der Waals surface area (Å²) in [5, 5.41) is 2.41. The Bertz CT molecular complexity index is 304. The average molecular weight is 182 g/mol. The van der Waals surface area contributed by atoms with Gasteiger partial charge in [-0.05, 0) is 12.8 Å². The largest absolute Gasteiger partial charge is 0.375 e. The first kappa shape index (κ1) is 7.73. The van der Waals surface area contributed by atoms with Gasteiger partial charge in [0.1, 0.15) is 5.78 Å².